The molecule has 0 aliphatic rings. The van der Waals surface area contributed by atoms with Crippen LogP contribution in [-0.4, -0.2) is 5.84 Å². The molecule has 0 amide bonds. The molecule has 2 N–H and O–H groups in total. The second-order valence-electron chi connectivity index (χ2n) is 12.0. The van der Waals surface area contributed by atoms with Crippen LogP contribution < -0.4 is 16.2 Å². The molecule has 2 nitrogen and oxygen atoms in total. The summed E-state index contributed by atoms with van der Waals surface area (Å²) in [6, 6.07) is 35.0. The van der Waals surface area contributed by atoms with Gasteiger partial charge in [0, 0.05) is 16.3 Å². The number of hydrogen-bond acceptors (Lipinski definition) is 1. The zero-order valence-electron chi connectivity index (χ0n) is 28.8. The molecule has 3 heteroatoms. The molecular weight excluding hydrogens is 616 g/mol. The molecule has 0 aromatic heterocycles. The second kappa shape index (κ2) is 19.6. The van der Waals surface area contributed by atoms with Gasteiger partial charge in [0.05, 0.1) is 0 Å². The number of halogens is 1. The number of nitrogens with two attached hydrogens (primary N) is 1. The minimum atomic E-state index is 0.518. The molecule has 0 aliphatic carbocycles. The highest BCUT2D eigenvalue weighted by molar-refractivity contribution is 6.30. The average molecular weight is 663 g/mol. The Balaban J connectivity index is 1.59. The van der Waals surface area contributed by atoms with Gasteiger partial charge in [0.1, 0.15) is 5.84 Å². The third kappa shape index (κ3) is 11.8. The van der Waals surface area contributed by atoms with E-state index in [4.69, 9.17) is 22.3 Å². The molecule has 4 rings (SSSR count). The van der Waals surface area contributed by atoms with Gasteiger partial charge in [-0.1, -0.05) is 170 Å². The number of rotatable bonds is 15. The van der Waals surface area contributed by atoms with Crippen molar-refractivity contribution in [3.05, 3.63) is 202 Å². The predicted molar refractivity (Wildman–Crippen MR) is 215 cm³/mol. The summed E-state index contributed by atoms with van der Waals surface area (Å²) in [5.41, 5.74) is 15.6. The van der Waals surface area contributed by atoms with Crippen molar-refractivity contribution in [2.45, 2.75) is 46.0 Å². The molecule has 4 aromatic rings. The molecule has 0 heterocycles. The van der Waals surface area contributed by atoms with Crippen LogP contribution in [0.4, 0.5) is 0 Å². The number of benzene rings is 4. The van der Waals surface area contributed by atoms with Gasteiger partial charge in [-0.2, -0.15) is 0 Å². The molecule has 4 aromatic carbocycles. The number of amidine groups is 1. The highest BCUT2D eigenvalue weighted by atomic mass is 35.5. The van der Waals surface area contributed by atoms with Crippen LogP contribution >= 0.6 is 11.6 Å². The van der Waals surface area contributed by atoms with Crippen LogP contribution in [0.1, 0.15) is 57.1 Å². The van der Waals surface area contributed by atoms with E-state index < -0.39 is 0 Å². The summed E-state index contributed by atoms with van der Waals surface area (Å²) in [6.45, 7) is 12.6. The number of aliphatic imine (C=N–C) groups is 1. The molecule has 0 spiro atoms. The SMILES string of the molecule is C=C/C(=C\C=C/C/C(C)=C/C=C\C)C/C=C(/CCC/C(c1ccc(-c2ccc(Cl)cc2)cc1)=c1/ccccc1=C)N=C(N)c1ccccc1. The van der Waals surface area contributed by atoms with Gasteiger partial charge in [-0.3, -0.25) is 0 Å². The lowest BCUT2D eigenvalue weighted by Gasteiger charge is -2.12. The smallest absolute Gasteiger partial charge is 0.130 e. The van der Waals surface area contributed by atoms with E-state index in [2.05, 4.69) is 111 Å². The van der Waals surface area contributed by atoms with Crippen molar-refractivity contribution >= 4 is 29.6 Å². The first kappa shape index (κ1) is 36.7. The largest absolute Gasteiger partial charge is 0.383 e. The summed E-state index contributed by atoms with van der Waals surface area (Å²) < 4.78 is 0. The Kier molecular flexibility index (Phi) is 14.7. The molecule has 0 radical (unpaired) electrons. The Bertz CT molecular complexity index is 1970. The van der Waals surface area contributed by atoms with Gasteiger partial charge in [-0.05, 0) is 96.4 Å². The number of nitrogens with zero attached hydrogens (tertiary/aromatic N) is 1. The van der Waals surface area contributed by atoms with Crippen molar-refractivity contribution in [3.63, 3.8) is 0 Å². The lowest BCUT2D eigenvalue weighted by Crippen LogP contribution is -2.25. The summed E-state index contributed by atoms with van der Waals surface area (Å²) in [6.07, 6.45) is 20.9. The molecule has 0 aliphatic heterocycles. The fraction of sp³-hybridized carbons (Fsp3) is 0.152. The van der Waals surface area contributed by atoms with Crippen molar-refractivity contribution in [3.8, 4) is 11.1 Å². The Morgan fingerprint density at radius 3 is 2.12 bits per heavy atom. The first-order valence-corrected chi connectivity index (χ1v) is 17.2. The van der Waals surface area contributed by atoms with Crippen LogP contribution in [0, 0.1) is 0 Å². The average Bonchev–Trinajstić information content (AvgIpc) is 3.13. The molecular formula is C46H47ClN2. The van der Waals surface area contributed by atoms with Gasteiger partial charge in [-0.15, -0.1) is 0 Å². The van der Waals surface area contributed by atoms with Crippen molar-refractivity contribution in [1.29, 1.82) is 0 Å². The maximum Gasteiger partial charge on any atom is 0.130 e. The minimum absolute atomic E-state index is 0.518. The summed E-state index contributed by atoms with van der Waals surface area (Å²) in [5.74, 6) is 0.518. The van der Waals surface area contributed by atoms with E-state index >= 15 is 0 Å². The van der Waals surface area contributed by atoms with E-state index in [1.54, 1.807) is 0 Å². The number of hydrogen-bond donors (Lipinski definition) is 1. The molecule has 49 heavy (non-hydrogen) atoms. The quantitative estimate of drug-likeness (QED) is 0.0768. The summed E-state index contributed by atoms with van der Waals surface area (Å²) in [4.78, 5) is 4.94. The standard InChI is InChI=1S/C46H47ClN2/c1-5-7-16-35(3)17-11-13-19-37(6-2)25-34-43(49-46(48)41-20-9-8-10-21-41)22-15-24-45(44-23-14-12-18-36(44)4)40-28-26-38(27-29-40)39-30-32-42(47)33-31-39/h5-14,16,18-21,23,26-34H,2,4,15,17,22,24-25H2,1,3H3,(H2,48,49)/b7-5-,13-11-,35-16+,37-19+,43-34-,45-44+. The van der Waals surface area contributed by atoms with Gasteiger partial charge in [0.2, 0.25) is 0 Å². The monoisotopic (exact) mass is 662 g/mol. The van der Waals surface area contributed by atoms with Crippen LogP contribution in [0.3, 0.4) is 0 Å². The van der Waals surface area contributed by atoms with Gasteiger partial charge in [-0.25, -0.2) is 4.99 Å². The fourth-order valence-corrected chi connectivity index (χ4v) is 5.59. The zero-order chi connectivity index (χ0) is 34.8. The van der Waals surface area contributed by atoms with Crippen LogP contribution in [0.5, 0.6) is 0 Å². The first-order valence-electron chi connectivity index (χ1n) is 16.9. The van der Waals surface area contributed by atoms with E-state index in [9.17, 15) is 0 Å². The Labute approximate surface area is 298 Å². The minimum Gasteiger partial charge on any atom is -0.383 e. The lowest BCUT2D eigenvalue weighted by molar-refractivity contribution is 0.826. The molecule has 0 bridgehead atoms. The van der Waals surface area contributed by atoms with Crippen LogP contribution in [0.15, 0.2) is 180 Å². The van der Waals surface area contributed by atoms with E-state index in [0.717, 1.165) is 63.9 Å². The van der Waals surface area contributed by atoms with Gasteiger partial charge in [0.25, 0.3) is 0 Å². The van der Waals surface area contributed by atoms with E-state index in [-0.39, 0.29) is 0 Å². The van der Waals surface area contributed by atoms with Crippen LogP contribution in [0.25, 0.3) is 23.3 Å². The van der Waals surface area contributed by atoms with E-state index in [1.807, 2.05) is 67.6 Å². The maximum absolute atomic E-state index is 6.53. The van der Waals surface area contributed by atoms with Gasteiger partial charge in [0.15, 0.2) is 0 Å². The summed E-state index contributed by atoms with van der Waals surface area (Å²) in [5, 5.41) is 2.92. The van der Waals surface area contributed by atoms with Gasteiger partial charge < -0.3 is 5.73 Å². The normalized spacial score (nSPS) is 13.7. The van der Waals surface area contributed by atoms with Crippen LogP contribution in [-0.2, 0) is 0 Å². The lowest BCUT2D eigenvalue weighted by atomic mass is 9.94. The highest BCUT2D eigenvalue weighted by Gasteiger charge is 2.08. The predicted octanol–water partition coefficient (Wildman–Crippen LogP) is 11.0. The Hall–Kier alpha value is -5.18. The third-order valence-corrected chi connectivity index (χ3v) is 8.49. The molecule has 0 saturated heterocycles. The first-order chi connectivity index (χ1) is 23.9. The Morgan fingerprint density at radius 2 is 1.45 bits per heavy atom. The van der Waals surface area contributed by atoms with Crippen molar-refractivity contribution in [1.82, 2.24) is 0 Å². The molecule has 0 unspecified atom stereocenters. The molecule has 0 saturated carbocycles. The van der Waals surface area contributed by atoms with E-state index in [0.29, 0.717) is 12.3 Å². The third-order valence-electron chi connectivity index (χ3n) is 8.24. The highest BCUT2D eigenvalue weighted by Crippen LogP contribution is 2.26. The summed E-state index contributed by atoms with van der Waals surface area (Å²) >= 11 is 6.13. The molecule has 0 fully saturated rings. The van der Waals surface area contributed by atoms with Crippen molar-refractivity contribution in [2.24, 2.45) is 10.7 Å². The number of allylic oxidation sites excluding steroid dienone is 11. The maximum atomic E-state index is 6.53. The second-order valence-corrected chi connectivity index (χ2v) is 12.4. The topological polar surface area (TPSA) is 38.4 Å². The van der Waals surface area contributed by atoms with Crippen molar-refractivity contribution in [2.75, 3.05) is 0 Å². The van der Waals surface area contributed by atoms with Gasteiger partial charge >= 0.3 is 0 Å². The van der Waals surface area contributed by atoms with Crippen molar-refractivity contribution < 1.29 is 0 Å². The van der Waals surface area contributed by atoms with Crippen LogP contribution in [0.2, 0.25) is 5.02 Å². The fourth-order valence-electron chi connectivity index (χ4n) is 5.46. The summed E-state index contributed by atoms with van der Waals surface area (Å²) in [7, 11) is 0. The molecule has 0 atom stereocenters. The molecule has 248 valence electrons. The zero-order valence-corrected chi connectivity index (χ0v) is 29.5. The van der Waals surface area contributed by atoms with E-state index in [1.165, 1.54) is 21.9 Å². The Morgan fingerprint density at radius 1 is 0.776 bits per heavy atom.